The summed E-state index contributed by atoms with van der Waals surface area (Å²) in [7, 11) is 1.62. The van der Waals surface area contributed by atoms with E-state index in [-0.39, 0.29) is 12.6 Å². The van der Waals surface area contributed by atoms with Crippen LogP contribution in [0.1, 0.15) is 11.1 Å². The standard InChI is InChI=1S/C17H22N2O2/c1-12-3-5-13(6-4-12)9-14(11-20)19-17-10-15(21-2)7-8-16(17)18/h3-8,10,14,19-20H,9,11,18H2,1-2H3. The number of rotatable bonds is 6. The van der Waals surface area contributed by atoms with Gasteiger partial charge in [-0.05, 0) is 31.0 Å². The van der Waals surface area contributed by atoms with Gasteiger partial charge in [-0.25, -0.2) is 0 Å². The number of nitrogens with two attached hydrogens (primary N) is 1. The molecule has 4 nitrogen and oxygen atoms in total. The number of benzene rings is 2. The van der Waals surface area contributed by atoms with Crippen molar-refractivity contribution in [3.63, 3.8) is 0 Å². The van der Waals surface area contributed by atoms with Crippen LogP contribution in [0.5, 0.6) is 5.75 Å². The fourth-order valence-corrected chi connectivity index (χ4v) is 2.18. The Morgan fingerprint density at radius 1 is 1.19 bits per heavy atom. The van der Waals surface area contributed by atoms with E-state index in [1.54, 1.807) is 13.2 Å². The molecule has 0 saturated carbocycles. The van der Waals surface area contributed by atoms with E-state index in [9.17, 15) is 5.11 Å². The molecule has 21 heavy (non-hydrogen) atoms. The molecule has 2 aromatic rings. The van der Waals surface area contributed by atoms with E-state index in [1.807, 2.05) is 12.1 Å². The number of ether oxygens (including phenoxy) is 1. The quantitative estimate of drug-likeness (QED) is 0.714. The molecular formula is C17H22N2O2. The number of anilines is 2. The Morgan fingerprint density at radius 2 is 1.90 bits per heavy atom. The molecule has 0 spiro atoms. The van der Waals surface area contributed by atoms with Crippen molar-refractivity contribution in [3.05, 3.63) is 53.6 Å². The maximum absolute atomic E-state index is 9.59. The third-order valence-corrected chi connectivity index (χ3v) is 3.44. The van der Waals surface area contributed by atoms with E-state index < -0.39 is 0 Å². The van der Waals surface area contributed by atoms with Gasteiger partial charge in [0.25, 0.3) is 0 Å². The topological polar surface area (TPSA) is 67.5 Å². The summed E-state index contributed by atoms with van der Waals surface area (Å²) in [4.78, 5) is 0. The van der Waals surface area contributed by atoms with E-state index in [2.05, 4.69) is 36.5 Å². The third-order valence-electron chi connectivity index (χ3n) is 3.44. The van der Waals surface area contributed by atoms with Crippen LogP contribution in [0.3, 0.4) is 0 Å². The van der Waals surface area contributed by atoms with Crippen LogP contribution in [-0.4, -0.2) is 24.9 Å². The summed E-state index contributed by atoms with van der Waals surface area (Å²) in [6.45, 7) is 2.09. The van der Waals surface area contributed by atoms with Crippen molar-refractivity contribution >= 4 is 11.4 Å². The number of hydrogen-bond donors (Lipinski definition) is 3. The number of aryl methyl sites for hydroxylation is 1. The molecule has 0 bridgehead atoms. The molecule has 0 aromatic heterocycles. The number of aliphatic hydroxyl groups is 1. The van der Waals surface area contributed by atoms with Gasteiger partial charge in [-0.2, -0.15) is 0 Å². The predicted octanol–water partition coefficient (Wildman–Crippen LogP) is 2.60. The third kappa shape index (κ3) is 4.13. The highest BCUT2D eigenvalue weighted by Gasteiger charge is 2.11. The first-order chi connectivity index (χ1) is 10.1. The lowest BCUT2D eigenvalue weighted by atomic mass is 10.0. The molecule has 1 unspecified atom stereocenters. The SMILES string of the molecule is COc1ccc(N)c(NC(CO)Cc2ccc(C)cc2)c1. The van der Waals surface area contributed by atoms with Crippen LogP contribution in [-0.2, 0) is 6.42 Å². The summed E-state index contributed by atoms with van der Waals surface area (Å²) >= 11 is 0. The molecule has 2 aromatic carbocycles. The average Bonchev–Trinajstić information content (AvgIpc) is 2.50. The zero-order chi connectivity index (χ0) is 15.2. The maximum Gasteiger partial charge on any atom is 0.121 e. The number of methoxy groups -OCH3 is 1. The Balaban J connectivity index is 2.10. The van der Waals surface area contributed by atoms with Crippen LogP contribution in [0, 0.1) is 6.92 Å². The van der Waals surface area contributed by atoms with E-state index in [1.165, 1.54) is 11.1 Å². The highest BCUT2D eigenvalue weighted by atomic mass is 16.5. The number of hydrogen-bond acceptors (Lipinski definition) is 4. The lowest BCUT2D eigenvalue weighted by Crippen LogP contribution is -2.26. The molecular weight excluding hydrogens is 264 g/mol. The van der Waals surface area contributed by atoms with Gasteiger partial charge in [0.2, 0.25) is 0 Å². The second kappa shape index (κ2) is 6.99. The van der Waals surface area contributed by atoms with Crippen LogP contribution in [0.25, 0.3) is 0 Å². The van der Waals surface area contributed by atoms with Crippen LogP contribution < -0.4 is 15.8 Å². The normalized spacial score (nSPS) is 12.0. The zero-order valence-corrected chi connectivity index (χ0v) is 12.5. The Bertz CT molecular complexity index is 582. The summed E-state index contributed by atoms with van der Waals surface area (Å²) in [6, 6.07) is 13.7. The molecule has 2 rings (SSSR count). The molecule has 4 heteroatoms. The van der Waals surface area contributed by atoms with Gasteiger partial charge in [-0.3, -0.25) is 0 Å². The van der Waals surface area contributed by atoms with Gasteiger partial charge < -0.3 is 20.9 Å². The highest BCUT2D eigenvalue weighted by Crippen LogP contribution is 2.25. The summed E-state index contributed by atoms with van der Waals surface area (Å²) in [5, 5.41) is 12.9. The molecule has 0 radical (unpaired) electrons. The van der Waals surface area contributed by atoms with Crippen molar-refractivity contribution in [1.29, 1.82) is 0 Å². The van der Waals surface area contributed by atoms with E-state index in [0.29, 0.717) is 5.69 Å². The molecule has 1 atom stereocenters. The van der Waals surface area contributed by atoms with Gasteiger partial charge in [-0.1, -0.05) is 29.8 Å². The van der Waals surface area contributed by atoms with Crippen molar-refractivity contribution in [2.24, 2.45) is 0 Å². The molecule has 0 amide bonds. The van der Waals surface area contributed by atoms with E-state index in [4.69, 9.17) is 10.5 Å². The fraction of sp³-hybridized carbons (Fsp3) is 0.294. The lowest BCUT2D eigenvalue weighted by Gasteiger charge is -2.19. The smallest absolute Gasteiger partial charge is 0.121 e. The number of aliphatic hydroxyl groups excluding tert-OH is 1. The van der Waals surface area contributed by atoms with Crippen LogP contribution in [0.4, 0.5) is 11.4 Å². The summed E-state index contributed by atoms with van der Waals surface area (Å²) < 4.78 is 5.20. The first kappa shape index (κ1) is 15.2. The van der Waals surface area contributed by atoms with Crippen LogP contribution >= 0.6 is 0 Å². The first-order valence-corrected chi connectivity index (χ1v) is 6.99. The van der Waals surface area contributed by atoms with Crippen LogP contribution in [0.2, 0.25) is 0 Å². The average molecular weight is 286 g/mol. The van der Waals surface area contributed by atoms with E-state index in [0.717, 1.165) is 17.9 Å². The van der Waals surface area contributed by atoms with E-state index >= 15 is 0 Å². The Hall–Kier alpha value is -2.20. The van der Waals surface area contributed by atoms with Gasteiger partial charge >= 0.3 is 0 Å². The summed E-state index contributed by atoms with van der Waals surface area (Å²) in [5.74, 6) is 0.735. The first-order valence-electron chi connectivity index (χ1n) is 6.99. The molecule has 0 saturated heterocycles. The predicted molar refractivity (Wildman–Crippen MR) is 86.8 cm³/mol. The van der Waals surface area contributed by atoms with Gasteiger partial charge in [0.05, 0.1) is 31.1 Å². The zero-order valence-electron chi connectivity index (χ0n) is 12.5. The molecule has 112 valence electrons. The van der Waals surface area contributed by atoms with Gasteiger partial charge in [0.1, 0.15) is 5.75 Å². The Labute approximate surface area is 125 Å². The van der Waals surface area contributed by atoms with Crippen molar-refractivity contribution < 1.29 is 9.84 Å². The number of nitrogens with one attached hydrogen (secondary N) is 1. The molecule has 0 aliphatic rings. The molecule has 0 fully saturated rings. The molecule has 0 heterocycles. The number of nitrogen functional groups attached to an aromatic ring is 1. The molecule has 0 aliphatic heterocycles. The minimum absolute atomic E-state index is 0.0323. The van der Waals surface area contributed by atoms with Gasteiger partial charge in [-0.15, -0.1) is 0 Å². The van der Waals surface area contributed by atoms with Crippen molar-refractivity contribution in [3.8, 4) is 5.75 Å². The summed E-state index contributed by atoms with van der Waals surface area (Å²) in [5.41, 5.74) is 9.78. The summed E-state index contributed by atoms with van der Waals surface area (Å²) in [6.07, 6.45) is 0.730. The Kier molecular flexibility index (Phi) is 5.06. The lowest BCUT2D eigenvalue weighted by molar-refractivity contribution is 0.273. The van der Waals surface area contributed by atoms with Gasteiger partial charge in [0.15, 0.2) is 0 Å². The minimum Gasteiger partial charge on any atom is -0.497 e. The van der Waals surface area contributed by atoms with Crippen LogP contribution in [0.15, 0.2) is 42.5 Å². The molecule has 4 N–H and O–H groups in total. The van der Waals surface area contributed by atoms with Crippen molar-refractivity contribution in [2.75, 3.05) is 24.8 Å². The largest absolute Gasteiger partial charge is 0.497 e. The second-order valence-electron chi connectivity index (χ2n) is 5.17. The second-order valence-corrected chi connectivity index (χ2v) is 5.17. The van der Waals surface area contributed by atoms with Crippen molar-refractivity contribution in [1.82, 2.24) is 0 Å². The fourth-order valence-electron chi connectivity index (χ4n) is 2.18. The maximum atomic E-state index is 9.59. The monoisotopic (exact) mass is 286 g/mol. The Morgan fingerprint density at radius 3 is 2.52 bits per heavy atom. The minimum atomic E-state index is -0.0953. The molecule has 0 aliphatic carbocycles. The van der Waals surface area contributed by atoms with Crippen molar-refractivity contribution in [2.45, 2.75) is 19.4 Å². The highest BCUT2D eigenvalue weighted by molar-refractivity contribution is 5.68. The van der Waals surface area contributed by atoms with Gasteiger partial charge in [0, 0.05) is 6.07 Å².